The largest absolute Gasteiger partial charge is 0.416 e. The van der Waals surface area contributed by atoms with Gasteiger partial charge in [0.25, 0.3) is 0 Å². The zero-order valence-corrected chi connectivity index (χ0v) is 18.0. The summed E-state index contributed by atoms with van der Waals surface area (Å²) in [7, 11) is 1.28. The highest BCUT2D eigenvalue weighted by Crippen LogP contribution is 2.40. The molecule has 11 heteroatoms. The molecule has 0 spiro atoms. The molecule has 4 rings (SSSR count). The van der Waals surface area contributed by atoms with Gasteiger partial charge in [0.1, 0.15) is 23.5 Å². The van der Waals surface area contributed by atoms with Crippen LogP contribution in [0.5, 0.6) is 0 Å². The van der Waals surface area contributed by atoms with E-state index in [-0.39, 0.29) is 28.6 Å². The van der Waals surface area contributed by atoms with Crippen LogP contribution in [0.15, 0.2) is 42.7 Å². The van der Waals surface area contributed by atoms with Crippen LogP contribution >= 0.6 is 11.6 Å². The van der Waals surface area contributed by atoms with Crippen molar-refractivity contribution >= 4 is 34.7 Å². The summed E-state index contributed by atoms with van der Waals surface area (Å²) in [6, 6.07) is 3.82. The molecule has 1 amide bonds. The summed E-state index contributed by atoms with van der Waals surface area (Å²) in [6.07, 6.45) is -1.57. The number of aromatic nitrogens is 2. The van der Waals surface area contributed by atoms with Crippen LogP contribution in [0.1, 0.15) is 16.8 Å². The number of hydrogen-bond acceptors (Lipinski definition) is 4. The highest BCUT2D eigenvalue weighted by molar-refractivity contribution is 6.31. The van der Waals surface area contributed by atoms with Crippen LogP contribution in [0.3, 0.4) is 0 Å². The number of amides is 1. The third-order valence-corrected chi connectivity index (χ3v) is 5.63. The number of pyridine rings is 2. The smallest absolute Gasteiger partial charge is 0.313 e. The van der Waals surface area contributed by atoms with Crippen LogP contribution in [0.25, 0.3) is 0 Å². The second-order valence-electron chi connectivity index (χ2n) is 7.56. The number of halogens is 6. The molecule has 0 saturated carbocycles. The number of nitrogens with zero attached hydrogens (tertiary/aromatic N) is 4. The molecular weight excluding hydrogens is 467 g/mol. The van der Waals surface area contributed by atoms with Gasteiger partial charge in [-0.3, -0.25) is 9.78 Å². The summed E-state index contributed by atoms with van der Waals surface area (Å²) in [5.41, 5.74) is -0.00501. The quantitative estimate of drug-likeness (QED) is 0.367. The van der Waals surface area contributed by atoms with Crippen molar-refractivity contribution in [3.05, 3.63) is 76.2 Å². The summed E-state index contributed by atoms with van der Waals surface area (Å²) < 4.78 is 68.3. The number of aryl methyl sites for hydroxylation is 1. The Morgan fingerprint density at radius 3 is 2.61 bits per heavy atom. The lowest BCUT2D eigenvalue weighted by molar-refractivity contribution is -0.137. The third-order valence-electron chi connectivity index (χ3n) is 5.34. The number of hydrogen-bond donors (Lipinski definition) is 0. The van der Waals surface area contributed by atoms with Crippen molar-refractivity contribution in [2.45, 2.75) is 25.6 Å². The molecule has 3 heterocycles. The molecule has 5 nitrogen and oxygen atoms in total. The molecule has 0 bridgehead atoms. The van der Waals surface area contributed by atoms with Gasteiger partial charge >= 0.3 is 6.18 Å². The molecular formula is C22H16ClF5N4O. The van der Waals surface area contributed by atoms with Crippen LogP contribution in [0, 0.1) is 18.6 Å². The number of likely N-dealkylation sites (N-methyl/N-ethyl adjacent to an activating group) is 1. The maximum atomic E-state index is 14.4. The lowest BCUT2D eigenvalue weighted by atomic mass is 10.1. The fraction of sp³-hybridized carbons (Fsp3) is 0.227. The first-order valence-electron chi connectivity index (χ1n) is 9.67. The van der Waals surface area contributed by atoms with Gasteiger partial charge in [-0.25, -0.2) is 13.8 Å². The molecule has 2 aromatic heterocycles. The van der Waals surface area contributed by atoms with Gasteiger partial charge in [-0.15, -0.1) is 0 Å². The fourth-order valence-corrected chi connectivity index (χ4v) is 3.97. The van der Waals surface area contributed by atoms with Gasteiger partial charge in [-0.2, -0.15) is 13.2 Å². The second-order valence-corrected chi connectivity index (χ2v) is 7.97. The molecule has 0 N–H and O–H groups in total. The first kappa shape index (κ1) is 22.9. The molecule has 1 aliphatic rings. The SMILES string of the molecule is Cc1cc(C(F)(F)F)cc(N2c3ccncc3C[C@H]2C(=O)N(C)c2cc(Cl)c(F)cc2F)n1. The molecule has 1 aliphatic heterocycles. The van der Waals surface area contributed by atoms with E-state index in [1.807, 2.05) is 0 Å². The number of fused-ring (bicyclic) bond motifs is 1. The number of carbonyl (C=O) groups excluding carboxylic acids is 1. The van der Waals surface area contributed by atoms with E-state index in [0.29, 0.717) is 17.3 Å². The minimum absolute atomic E-state index is 0.0864. The van der Waals surface area contributed by atoms with Gasteiger partial charge in [0.2, 0.25) is 5.91 Å². The topological polar surface area (TPSA) is 49.3 Å². The number of carbonyl (C=O) groups is 1. The van der Waals surface area contributed by atoms with Crippen molar-refractivity contribution in [3.8, 4) is 0 Å². The Balaban J connectivity index is 1.80. The minimum atomic E-state index is -4.62. The van der Waals surface area contributed by atoms with Crippen molar-refractivity contribution in [1.82, 2.24) is 9.97 Å². The molecule has 33 heavy (non-hydrogen) atoms. The highest BCUT2D eigenvalue weighted by atomic mass is 35.5. The average Bonchev–Trinajstić information content (AvgIpc) is 3.14. The van der Waals surface area contributed by atoms with Crippen molar-refractivity contribution in [2.24, 2.45) is 0 Å². The van der Waals surface area contributed by atoms with Gasteiger partial charge in [0.15, 0.2) is 0 Å². The Labute approximate surface area is 190 Å². The Kier molecular flexibility index (Phi) is 5.73. The molecule has 1 aromatic carbocycles. The first-order valence-corrected chi connectivity index (χ1v) is 10.0. The predicted octanol–water partition coefficient (Wildman–Crippen LogP) is 5.46. The van der Waals surface area contributed by atoms with E-state index >= 15 is 0 Å². The average molecular weight is 483 g/mol. The summed E-state index contributed by atoms with van der Waals surface area (Å²) in [5.74, 6) is -2.73. The maximum Gasteiger partial charge on any atom is 0.416 e. The van der Waals surface area contributed by atoms with E-state index in [2.05, 4.69) is 9.97 Å². The Morgan fingerprint density at radius 1 is 1.18 bits per heavy atom. The predicted molar refractivity (Wildman–Crippen MR) is 113 cm³/mol. The Bertz CT molecular complexity index is 1250. The van der Waals surface area contributed by atoms with E-state index in [4.69, 9.17) is 11.6 Å². The van der Waals surface area contributed by atoms with E-state index in [9.17, 15) is 26.7 Å². The number of benzene rings is 1. The van der Waals surface area contributed by atoms with E-state index < -0.39 is 35.3 Å². The van der Waals surface area contributed by atoms with Gasteiger partial charge in [-0.05, 0) is 36.8 Å². The summed E-state index contributed by atoms with van der Waals surface area (Å²) >= 11 is 5.75. The van der Waals surface area contributed by atoms with Crippen molar-refractivity contribution < 1.29 is 26.7 Å². The van der Waals surface area contributed by atoms with Gasteiger partial charge in [0, 0.05) is 43.3 Å². The number of rotatable bonds is 3. The van der Waals surface area contributed by atoms with Crippen LogP contribution in [-0.2, 0) is 17.4 Å². The van der Waals surface area contributed by atoms with Crippen molar-refractivity contribution in [1.29, 1.82) is 0 Å². The number of alkyl halides is 3. The third kappa shape index (κ3) is 4.22. The van der Waals surface area contributed by atoms with Crippen molar-refractivity contribution in [2.75, 3.05) is 16.8 Å². The molecule has 0 fully saturated rings. The molecule has 172 valence electrons. The van der Waals surface area contributed by atoms with Gasteiger partial charge in [0.05, 0.1) is 16.3 Å². The molecule has 3 aromatic rings. The maximum absolute atomic E-state index is 14.4. The van der Waals surface area contributed by atoms with E-state index in [1.54, 1.807) is 6.07 Å². The summed E-state index contributed by atoms with van der Waals surface area (Å²) in [6.45, 7) is 1.42. The fourth-order valence-electron chi connectivity index (χ4n) is 3.81. The van der Waals surface area contributed by atoms with Crippen molar-refractivity contribution in [3.63, 3.8) is 0 Å². The van der Waals surface area contributed by atoms with Crippen LogP contribution in [0.2, 0.25) is 5.02 Å². The van der Waals surface area contributed by atoms with E-state index in [1.165, 1.54) is 31.3 Å². The van der Waals surface area contributed by atoms with Gasteiger partial charge < -0.3 is 9.80 Å². The van der Waals surface area contributed by atoms with Crippen LogP contribution in [-0.4, -0.2) is 29.0 Å². The Hall–Kier alpha value is -3.27. The molecule has 0 saturated heterocycles. The highest BCUT2D eigenvalue weighted by Gasteiger charge is 2.40. The zero-order valence-electron chi connectivity index (χ0n) is 17.3. The normalized spacial score (nSPS) is 15.5. The second kappa shape index (κ2) is 8.26. The standard InChI is InChI=1S/C22H16ClF5N4O/c1-11-5-13(22(26,27)28)7-20(30-11)32-17-3-4-29-10-12(17)6-19(32)21(33)31(2)18-8-14(23)15(24)9-16(18)25/h3-5,7-10,19H,6H2,1-2H3/t19-/m0/s1. The van der Waals surface area contributed by atoms with E-state index in [0.717, 1.165) is 23.1 Å². The molecule has 0 radical (unpaired) electrons. The monoisotopic (exact) mass is 482 g/mol. The zero-order chi connectivity index (χ0) is 24.1. The van der Waals surface area contributed by atoms with Crippen LogP contribution in [0.4, 0.5) is 39.1 Å². The molecule has 0 aliphatic carbocycles. The minimum Gasteiger partial charge on any atom is -0.313 e. The Morgan fingerprint density at radius 2 is 1.91 bits per heavy atom. The van der Waals surface area contributed by atoms with Gasteiger partial charge in [-0.1, -0.05) is 11.6 Å². The lowest BCUT2D eigenvalue weighted by Gasteiger charge is -2.30. The molecule has 0 unspecified atom stereocenters. The lowest BCUT2D eigenvalue weighted by Crippen LogP contribution is -2.45. The number of anilines is 3. The first-order chi connectivity index (χ1) is 15.5. The summed E-state index contributed by atoms with van der Waals surface area (Å²) in [5, 5.41) is -0.378. The summed E-state index contributed by atoms with van der Waals surface area (Å²) in [4.78, 5) is 24.0. The molecule has 1 atom stereocenters. The van der Waals surface area contributed by atoms with Crippen LogP contribution < -0.4 is 9.80 Å².